The van der Waals surface area contributed by atoms with Gasteiger partial charge in [0.1, 0.15) is 6.10 Å². The van der Waals surface area contributed by atoms with Crippen LogP contribution in [0.4, 0.5) is 0 Å². The van der Waals surface area contributed by atoms with Gasteiger partial charge in [0.05, 0.1) is 0 Å². The van der Waals surface area contributed by atoms with E-state index in [9.17, 15) is 4.79 Å². The number of hydrogen-bond donors (Lipinski definition) is 1. The third-order valence-electron chi connectivity index (χ3n) is 1.83. The van der Waals surface area contributed by atoms with Gasteiger partial charge < -0.3 is 10.1 Å². The van der Waals surface area contributed by atoms with Crippen LogP contribution >= 0.6 is 11.3 Å². The van der Waals surface area contributed by atoms with Crippen LogP contribution in [-0.4, -0.2) is 19.6 Å². The van der Waals surface area contributed by atoms with E-state index in [1.165, 1.54) is 6.92 Å². The SMILES string of the molecule is CNCCC(OC(C)=O)c1cccs1. The second-order valence-corrected chi connectivity index (χ2v) is 3.98. The van der Waals surface area contributed by atoms with Crippen LogP contribution in [0.2, 0.25) is 0 Å². The van der Waals surface area contributed by atoms with E-state index in [-0.39, 0.29) is 12.1 Å². The Morgan fingerprint density at radius 3 is 3.00 bits per heavy atom. The third kappa shape index (κ3) is 3.47. The Hall–Kier alpha value is -0.870. The summed E-state index contributed by atoms with van der Waals surface area (Å²) in [4.78, 5) is 12.0. The number of esters is 1. The Morgan fingerprint density at radius 1 is 1.71 bits per heavy atom. The van der Waals surface area contributed by atoms with Gasteiger partial charge in [0.25, 0.3) is 0 Å². The molecule has 1 heterocycles. The van der Waals surface area contributed by atoms with Crippen LogP contribution in [-0.2, 0) is 9.53 Å². The highest BCUT2D eigenvalue weighted by Crippen LogP contribution is 2.25. The van der Waals surface area contributed by atoms with Crippen LogP contribution in [0.5, 0.6) is 0 Å². The average Bonchev–Trinajstić information content (AvgIpc) is 2.64. The van der Waals surface area contributed by atoms with Gasteiger partial charge in [0, 0.05) is 18.2 Å². The van der Waals surface area contributed by atoms with Crippen molar-refractivity contribution in [2.75, 3.05) is 13.6 Å². The molecule has 0 aliphatic heterocycles. The summed E-state index contributed by atoms with van der Waals surface area (Å²) in [5, 5.41) is 5.04. The van der Waals surface area contributed by atoms with Gasteiger partial charge in [-0.2, -0.15) is 0 Å². The summed E-state index contributed by atoms with van der Waals surface area (Å²) in [6, 6.07) is 3.96. The van der Waals surface area contributed by atoms with Crippen molar-refractivity contribution in [2.45, 2.75) is 19.4 Å². The first-order chi connectivity index (χ1) is 6.74. The quantitative estimate of drug-likeness (QED) is 0.760. The van der Waals surface area contributed by atoms with Crippen molar-refractivity contribution >= 4 is 17.3 Å². The summed E-state index contributed by atoms with van der Waals surface area (Å²) in [6.45, 7) is 2.29. The Labute approximate surface area is 88.1 Å². The molecule has 78 valence electrons. The molecule has 0 aromatic carbocycles. The first-order valence-electron chi connectivity index (χ1n) is 4.59. The van der Waals surface area contributed by atoms with Gasteiger partial charge in [-0.1, -0.05) is 6.07 Å². The molecule has 0 radical (unpaired) electrons. The summed E-state index contributed by atoms with van der Waals surface area (Å²) < 4.78 is 5.23. The summed E-state index contributed by atoms with van der Waals surface area (Å²) in [5.41, 5.74) is 0. The first-order valence-corrected chi connectivity index (χ1v) is 5.47. The van der Waals surface area contributed by atoms with E-state index in [0.29, 0.717) is 0 Å². The van der Waals surface area contributed by atoms with E-state index >= 15 is 0 Å². The van der Waals surface area contributed by atoms with Crippen LogP contribution in [0.3, 0.4) is 0 Å². The van der Waals surface area contributed by atoms with Crippen LogP contribution in [0.1, 0.15) is 24.3 Å². The van der Waals surface area contributed by atoms with E-state index in [1.807, 2.05) is 24.6 Å². The third-order valence-corrected chi connectivity index (χ3v) is 2.79. The first kappa shape index (κ1) is 11.2. The Balaban J connectivity index is 2.57. The lowest BCUT2D eigenvalue weighted by Gasteiger charge is -2.14. The Bertz CT molecular complexity index is 272. The monoisotopic (exact) mass is 213 g/mol. The van der Waals surface area contributed by atoms with Crippen LogP contribution in [0.25, 0.3) is 0 Å². The van der Waals surface area contributed by atoms with Gasteiger partial charge in [-0.05, 0) is 25.0 Å². The maximum atomic E-state index is 10.9. The molecule has 1 N–H and O–H groups in total. The number of rotatable bonds is 5. The molecule has 0 amide bonds. The lowest BCUT2D eigenvalue weighted by Crippen LogP contribution is -2.15. The number of hydrogen-bond acceptors (Lipinski definition) is 4. The minimum Gasteiger partial charge on any atom is -0.457 e. The van der Waals surface area contributed by atoms with E-state index < -0.39 is 0 Å². The van der Waals surface area contributed by atoms with Crippen LogP contribution in [0, 0.1) is 0 Å². The smallest absolute Gasteiger partial charge is 0.303 e. The standard InChI is InChI=1S/C10H15NO2S/c1-8(12)13-9(5-6-11-2)10-4-3-7-14-10/h3-4,7,9,11H,5-6H2,1-2H3. The van der Waals surface area contributed by atoms with E-state index in [1.54, 1.807) is 11.3 Å². The molecule has 1 atom stereocenters. The molecular formula is C10H15NO2S. The molecule has 3 nitrogen and oxygen atoms in total. The van der Waals surface area contributed by atoms with Crippen molar-refractivity contribution in [3.63, 3.8) is 0 Å². The summed E-state index contributed by atoms with van der Waals surface area (Å²) in [5.74, 6) is -0.223. The maximum Gasteiger partial charge on any atom is 0.303 e. The van der Waals surface area contributed by atoms with Crippen molar-refractivity contribution < 1.29 is 9.53 Å². The molecule has 0 aliphatic rings. The maximum absolute atomic E-state index is 10.9. The summed E-state index contributed by atoms with van der Waals surface area (Å²) >= 11 is 1.62. The highest BCUT2D eigenvalue weighted by molar-refractivity contribution is 7.10. The van der Waals surface area contributed by atoms with Gasteiger partial charge in [-0.15, -0.1) is 11.3 Å². The van der Waals surface area contributed by atoms with Crippen molar-refractivity contribution in [3.8, 4) is 0 Å². The number of ether oxygens (including phenoxy) is 1. The molecule has 0 spiro atoms. The number of nitrogens with one attached hydrogen (secondary N) is 1. The molecule has 0 saturated heterocycles. The van der Waals surface area contributed by atoms with Gasteiger partial charge in [0.2, 0.25) is 0 Å². The second kappa shape index (κ2) is 5.78. The fourth-order valence-corrected chi connectivity index (χ4v) is 2.00. The highest BCUT2D eigenvalue weighted by atomic mass is 32.1. The predicted molar refractivity (Wildman–Crippen MR) is 57.4 cm³/mol. The number of carbonyl (C=O) groups excluding carboxylic acids is 1. The molecule has 1 aromatic rings. The Morgan fingerprint density at radius 2 is 2.50 bits per heavy atom. The summed E-state index contributed by atoms with van der Waals surface area (Å²) in [6.07, 6.45) is 0.719. The lowest BCUT2D eigenvalue weighted by atomic mass is 10.2. The molecule has 1 rings (SSSR count). The van der Waals surface area contributed by atoms with Gasteiger partial charge in [0.15, 0.2) is 0 Å². The predicted octanol–water partition coefficient (Wildman–Crippen LogP) is 1.96. The normalized spacial score (nSPS) is 12.4. The van der Waals surface area contributed by atoms with Crippen LogP contribution in [0.15, 0.2) is 17.5 Å². The van der Waals surface area contributed by atoms with Crippen molar-refractivity contribution in [1.29, 1.82) is 0 Å². The fourth-order valence-electron chi connectivity index (χ4n) is 1.21. The molecule has 14 heavy (non-hydrogen) atoms. The lowest BCUT2D eigenvalue weighted by molar-refractivity contribution is -0.146. The highest BCUT2D eigenvalue weighted by Gasteiger charge is 2.14. The minimum atomic E-state index is -0.223. The topological polar surface area (TPSA) is 38.3 Å². The minimum absolute atomic E-state index is 0.0973. The van der Waals surface area contributed by atoms with E-state index in [4.69, 9.17) is 4.74 Å². The number of thiophene rings is 1. The molecule has 0 fully saturated rings. The number of carbonyl (C=O) groups is 1. The Kier molecular flexibility index (Phi) is 4.62. The van der Waals surface area contributed by atoms with Crippen LogP contribution < -0.4 is 5.32 Å². The molecule has 0 bridgehead atoms. The van der Waals surface area contributed by atoms with Crippen molar-refractivity contribution in [3.05, 3.63) is 22.4 Å². The fraction of sp³-hybridized carbons (Fsp3) is 0.500. The molecule has 1 aromatic heterocycles. The van der Waals surface area contributed by atoms with Gasteiger partial charge >= 0.3 is 5.97 Å². The molecule has 1 unspecified atom stereocenters. The molecule has 4 heteroatoms. The van der Waals surface area contributed by atoms with E-state index in [2.05, 4.69) is 5.32 Å². The zero-order valence-electron chi connectivity index (χ0n) is 8.45. The van der Waals surface area contributed by atoms with Crippen molar-refractivity contribution in [2.24, 2.45) is 0 Å². The van der Waals surface area contributed by atoms with Gasteiger partial charge in [-0.25, -0.2) is 0 Å². The molecular weight excluding hydrogens is 198 g/mol. The summed E-state index contributed by atoms with van der Waals surface area (Å²) in [7, 11) is 1.89. The average molecular weight is 213 g/mol. The molecule has 0 saturated carbocycles. The molecule has 0 aliphatic carbocycles. The largest absolute Gasteiger partial charge is 0.457 e. The second-order valence-electron chi connectivity index (χ2n) is 3.01. The van der Waals surface area contributed by atoms with Crippen molar-refractivity contribution in [1.82, 2.24) is 5.32 Å². The zero-order valence-corrected chi connectivity index (χ0v) is 9.26. The van der Waals surface area contributed by atoms with E-state index in [0.717, 1.165) is 17.8 Å². The zero-order chi connectivity index (χ0) is 10.4. The van der Waals surface area contributed by atoms with Gasteiger partial charge in [-0.3, -0.25) is 4.79 Å².